The minimum atomic E-state index is -5.13. The van der Waals surface area contributed by atoms with Gasteiger partial charge in [0.05, 0.1) is 5.69 Å². The van der Waals surface area contributed by atoms with Gasteiger partial charge in [-0.1, -0.05) is 0 Å². The van der Waals surface area contributed by atoms with E-state index in [9.17, 15) is 16.8 Å². The predicted molar refractivity (Wildman–Crippen MR) is 56.4 cm³/mol. The molecule has 4 N–H and O–H groups in total. The van der Waals surface area contributed by atoms with E-state index in [0.717, 1.165) is 12.1 Å². The van der Waals surface area contributed by atoms with Crippen molar-refractivity contribution in [2.75, 3.05) is 9.44 Å². The summed E-state index contributed by atoms with van der Waals surface area (Å²) in [7, 11) is -10.3. The van der Waals surface area contributed by atoms with Gasteiger partial charge in [0.15, 0.2) is 0 Å². The molecule has 0 aliphatic heterocycles. The van der Waals surface area contributed by atoms with Gasteiger partial charge in [0.25, 0.3) is 0 Å². The Morgan fingerprint density at radius 1 is 0.938 bits per heavy atom. The van der Waals surface area contributed by atoms with Crippen LogP contribution >= 0.6 is 0 Å². The lowest BCUT2D eigenvalue weighted by atomic mass is 10.3. The lowest BCUT2D eigenvalue weighted by Crippen LogP contribution is -2.35. The molecule has 8 nitrogen and oxygen atoms in total. The minimum absolute atomic E-state index is 0.259. The summed E-state index contributed by atoms with van der Waals surface area (Å²) < 4.78 is 59.9. The number of hydrogen-bond acceptors (Lipinski definition) is 5. The van der Waals surface area contributed by atoms with Crippen LogP contribution in [0.1, 0.15) is 0 Å². The molecule has 0 saturated heterocycles. The van der Waals surface area contributed by atoms with Gasteiger partial charge in [-0.3, -0.25) is 9.11 Å². The molecule has 10 heteroatoms. The Balaban J connectivity index is 3.41. The molecule has 0 fully saturated rings. The highest BCUT2D eigenvalue weighted by Gasteiger charge is 2.31. The quantitative estimate of drug-likeness (QED) is 0.504. The second-order valence-electron chi connectivity index (χ2n) is 2.74. The third-order valence-corrected chi connectivity index (χ3v) is 3.91. The molecule has 16 heavy (non-hydrogen) atoms. The van der Waals surface area contributed by atoms with Crippen LogP contribution in [-0.2, 0) is 20.6 Å². The fourth-order valence-corrected chi connectivity index (χ4v) is 2.71. The lowest BCUT2D eigenvalue weighted by molar-refractivity contribution is 0.466. The molecule has 0 aromatic heterocycles. The third-order valence-electron chi connectivity index (χ3n) is 1.52. The molecule has 90 valence electrons. The van der Waals surface area contributed by atoms with Crippen molar-refractivity contribution in [3.63, 3.8) is 0 Å². The Kier molecular flexibility index (Phi) is 3.10. The number of nitrogens with zero attached hydrogens (tertiary/aromatic N) is 1. The second kappa shape index (κ2) is 3.90. The summed E-state index contributed by atoms with van der Waals surface area (Å²) in [6.07, 6.45) is 0. The van der Waals surface area contributed by atoms with Crippen molar-refractivity contribution < 1.29 is 25.9 Å². The van der Waals surface area contributed by atoms with Crippen molar-refractivity contribution in [1.82, 2.24) is 0 Å². The van der Waals surface area contributed by atoms with Gasteiger partial charge in [-0.05, 0) is 24.3 Å². The Bertz CT molecular complexity index is 544. The van der Waals surface area contributed by atoms with Gasteiger partial charge in [0, 0.05) is 5.69 Å². The summed E-state index contributed by atoms with van der Waals surface area (Å²) in [6.45, 7) is 0. The summed E-state index contributed by atoms with van der Waals surface area (Å²) in [6, 6.07) is 4.44. The van der Waals surface area contributed by atoms with Crippen LogP contribution in [0.5, 0.6) is 0 Å². The summed E-state index contributed by atoms with van der Waals surface area (Å²) >= 11 is 0. The molecular weight excluding hydrogens is 260 g/mol. The molecule has 0 atom stereocenters. The van der Waals surface area contributed by atoms with Gasteiger partial charge < -0.3 is 5.73 Å². The van der Waals surface area contributed by atoms with Gasteiger partial charge in [0.1, 0.15) is 0 Å². The van der Waals surface area contributed by atoms with Crippen LogP contribution in [-0.4, -0.2) is 25.9 Å². The molecule has 0 heterocycles. The Morgan fingerprint density at radius 3 is 1.62 bits per heavy atom. The molecule has 0 unspecified atom stereocenters. The number of nitrogens with two attached hydrogens (primary N) is 1. The van der Waals surface area contributed by atoms with Crippen molar-refractivity contribution in [1.29, 1.82) is 0 Å². The van der Waals surface area contributed by atoms with Crippen molar-refractivity contribution in [2.24, 2.45) is 0 Å². The van der Waals surface area contributed by atoms with Gasteiger partial charge in [-0.15, -0.1) is 3.71 Å². The second-order valence-corrected chi connectivity index (χ2v) is 5.50. The molecule has 1 rings (SSSR count). The van der Waals surface area contributed by atoms with Crippen LogP contribution in [0, 0.1) is 0 Å². The Hall–Kier alpha value is -1.36. The van der Waals surface area contributed by atoms with E-state index >= 15 is 0 Å². The maximum atomic E-state index is 10.8. The van der Waals surface area contributed by atoms with E-state index in [4.69, 9.17) is 14.8 Å². The summed E-state index contributed by atoms with van der Waals surface area (Å²) in [5.41, 5.74) is 5.10. The van der Waals surface area contributed by atoms with Crippen molar-refractivity contribution in [2.45, 2.75) is 0 Å². The highest BCUT2D eigenvalue weighted by molar-refractivity contribution is 8.05. The van der Waals surface area contributed by atoms with E-state index in [1.807, 2.05) is 0 Å². The Labute approximate surface area is 92.1 Å². The topological polar surface area (TPSA) is 138 Å². The van der Waals surface area contributed by atoms with E-state index in [-0.39, 0.29) is 5.69 Å². The predicted octanol–water partition coefficient (Wildman–Crippen LogP) is -0.319. The van der Waals surface area contributed by atoms with Crippen LogP contribution in [0.2, 0.25) is 0 Å². The van der Waals surface area contributed by atoms with Gasteiger partial charge >= 0.3 is 20.6 Å². The van der Waals surface area contributed by atoms with E-state index in [1.165, 1.54) is 12.1 Å². The number of hydrogen-bond donors (Lipinski definition) is 3. The number of nitrogen functional groups attached to an aromatic ring is 1. The lowest BCUT2D eigenvalue weighted by Gasteiger charge is -2.16. The fraction of sp³-hybridized carbons (Fsp3) is 0. The van der Waals surface area contributed by atoms with Crippen LogP contribution in [0.3, 0.4) is 0 Å². The van der Waals surface area contributed by atoms with Gasteiger partial charge in [-0.25, -0.2) is 0 Å². The van der Waals surface area contributed by atoms with Crippen LogP contribution in [0.25, 0.3) is 0 Å². The summed E-state index contributed by atoms with van der Waals surface area (Å²) in [4.78, 5) is 0. The molecule has 0 spiro atoms. The zero-order valence-corrected chi connectivity index (χ0v) is 9.31. The van der Waals surface area contributed by atoms with E-state index in [2.05, 4.69) is 0 Å². The molecule has 0 aliphatic carbocycles. The minimum Gasteiger partial charge on any atom is -0.399 e. The highest BCUT2D eigenvalue weighted by atomic mass is 32.3. The third kappa shape index (κ3) is 2.82. The zero-order chi connectivity index (χ0) is 12.6. The summed E-state index contributed by atoms with van der Waals surface area (Å²) in [5.74, 6) is 0. The molecule has 0 aliphatic rings. The first-order valence-electron chi connectivity index (χ1n) is 3.73. The molecule has 1 aromatic carbocycles. The average molecular weight is 268 g/mol. The largest absolute Gasteiger partial charge is 0.399 e. The standard InChI is InChI=1S/C6H8N2O6S2/c7-5-1-3-6(4-2-5)8(15(9,10)11)16(12,13)14/h1-4H,7H2,(H,9,10,11)(H,12,13,14). The smallest absolute Gasteiger partial charge is 0.375 e. The van der Waals surface area contributed by atoms with E-state index < -0.39 is 30.0 Å². The molecule has 0 amide bonds. The fourth-order valence-electron chi connectivity index (χ4n) is 0.981. The molecule has 0 bridgehead atoms. The molecule has 1 aromatic rings. The first-order valence-corrected chi connectivity index (χ1v) is 6.52. The SMILES string of the molecule is Nc1ccc(N(S(=O)(=O)O)S(=O)(=O)O)cc1. The van der Waals surface area contributed by atoms with E-state index in [1.54, 1.807) is 0 Å². The van der Waals surface area contributed by atoms with Crippen LogP contribution in [0.15, 0.2) is 24.3 Å². The Morgan fingerprint density at radius 2 is 1.31 bits per heavy atom. The van der Waals surface area contributed by atoms with Crippen LogP contribution < -0.4 is 9.44 Å². The molecule has 0 saturated carbocycles. The van der Waals surface area contributed by atoms with Crippen molar-refractivity contribution in [3.8, 4) is 0 Å². The summed E-state index contributed by atoms with van der Waals surface area (Å²) in [5, 5.41) is 0. The van der Waals surface area contributed by atoms with Gasteiger partial charge in [0.2, 0.25) is 0 Å². The van der Waals surface area contributed by atoms with Crippen molar-refractivity contribution in [3.05, 3.63) is 24.3 Å². The zero-order valence-electron chi connectivity index (χ0n) is 7.68. The van der Waals surface area contributed by atoms with Gasteiger partial charge in [-0.2, -0.15) is 16.8 Å². The highest BCUT2D eigenvalue weighted by Crippen LogP contribution is 2.21. The number of benzene rings is 1. The van der Waals surface area contributed by atoms with Crippen molar-refractivity contribution >= 4 is 32.0 Å². The first-order chi connectivity index (χ1) is 7.12. The number of rotatable bonds is 3. The molecule has 0 radical (unpaired) electrons. The maximum Gasteiger partial charge on any atom is 0.375 e. The normalized spacial score (nSPS) is 12.4. The average Bonchev–Trinajstić information content (AvgIpc) is 2.03. The number of anilines is 2. The monoisotopic (exact) mass is 268 g/mol. The van der Waals surface area contributed by atoms with Crippen LogP contribution in [0.4, 0.5) is 11.4 Å². The maximum absolute atomic E-state index is 10.8. The van der Waals surface area contributed by atoms with E-state index in [0.29, 0.717) is 0 Å². The molecular formula is C6H8N2O6S2. The first kappa shape index (κ1) is 12.7.